The first-order valence-electron chi connectivity index (χ1n) is 5.65. The smallest absolute Gasteiger partial charge is 0.353 e. The van der Waals surface area contributed by atoms with E-state index in [1.54, 1.807) is 0 Å². The van der Waals surface area contributed by atoms with Gasteiger partial charge in [-0.1, -0.05) is 13.3 Å². The first-order chi connectivity index (χ1) is 7.24. The predicted molar refractivity (Wildman–Crippen MR) is 57.9 cm³/mol. The molecule has 0 heterocycles. The minimum absolute atomic E-state index is 0.198. The average Bonchev–Trinajstić information content (AvgIpc) is 2.19. The third kappa shape index (κ3) is 8.81. The zero-order valence-corrected chi connectivity index (χ0v) is 10.2. The molecule has 91 valence electrons. The summed E-state index contributed by atoms with van der Waals surface area (Å²) in [7, 11) is 0. The van der Waals surface area contributed by atoms with E-state index >= 15 is 0 Å². The zero-order valence-electron chi connectivity index (χ0n) is 10.2. The molecule has 0 amide bonds. The number of hydrogen-bond donors (Lipinski definition) is 0. The minimum Gasteiger partial charge on any atom is -0.353 e. The molecule has 0 rings (SSSR count). The number of hydrogen-bond acceptors (Lipinski definition) is 4. The standard InChI is InChI=1S/C11H23O4/c1-5-8-9-14-10(4)15-11(12-6-2)13-7-3/h10H,5-9H2,1-4H3. The first-order valence-corrected chi connectivity index (χ1v) is 5.65. The van der Waals surface area contributed by atoms with E-state index in [2.05, 4.69) is 6.92 Å². The van der Waals surface area contributed by atoms with Gasteiger partial charge in [-0.05, 0) is 27.2 Å². The second-order valence-corrected chi connectivity index (χ2v) is 3.03. The second kappa shape index (κ2) is 10.4. The molecule has 1 unspecified atom stereocenters. The van der Waals surface area contributed by atoms with Crippen molar-refractivity contribution in [2.24, 2.45) is 0 Å². The normalized spacial score (nSPS) is 13.4. The van der Waals surface area contributed by atoms with Crippen LogP contribution < -0.4 is 0 Å². The molecule has 0 aromatic rings. The van der Waals surface area contributed by atoms with Crippen LogP contribution in [0.4, 0.5) is 0 Å². The fourth-order valence-corrected chi connectivity index (χ4v) is 0.909. The molecule has 0 aliphatic carbocycles. The molecule has 4 heteroatoms. The fourth-order valence-electron chi connectivity index (χ4n) is 0.909. The number of rotatable bonds is 10. The Morgan fingerprint density at radius 2 is 1.67 bits per heavy atom. The summed E-state index contributed by atoms with van der Waals surface area (Å²) < 4.78 is 21.0. The van der Waals surface area contributed by atoms with Crippen molar-refractivity contribution in [2.45, 2.75) is 46.8 Å². The summed E-state index contributed by atoms with van der Waals surface area (Å²) >= 11 is 0. The van der Waals surface area contributed by atoms with E-state index in [0.717, 1.165) is 12.8 Å². The van der Waals surface area contributed by atoms with Crippen molar-refractivity contribution in [1.82, 2.24) is 0 Å². The SMILES string of the molecule is CCCCOC(C)O[C](OCC)OCC. The molecular formula is C11H23O4. The Balaban J connectivity index is 3.62. The molecule has 0 aliphatic heterocycles. The third-order valence-corrected chi connectivity index (χ3v) is 1.64. The summed E-state index contributed by atoms with van der Waals surface area (Å²) in [5.74, 6) is 0. The van der Waals surface area contributed by atoms with Crippen LogP contribution in [0.5, 0.6) is 0 Å². The number of unbranched alkanes of at least 4 members (excludes halogenated alkanes) is 1. The highest BCUT2D eigenvalue weighted by Gasteiger charge is 2.16. The van der Waals surface area contributed by atoms with E-state index in [9.17, 15) is 0 Å². The fraction of sp³-hybridized carbons (Fsp3) is 0.909. The highest BCUT2D eigenvalue weighted by molar-refractivity contribution is 4.49. The van der Waals surface area contributed by atoms with Crippen LogP contribution in [0, 0.1) is 6.48 Å². The molecule has 0 saturated carbocycles. The molecular weight excluding hydrogens is 196 g/mol. The molecule has 0 spiro atoms. The first kappa shape index (κ1) is 14.8. The second-order valence-electron chi connectivity index (χ2n) is 3.03. The van der Waals surface area contributed by atoms with E-state index in [0.29, 0.717) is 19.8 Å². The lowest BCUT2D eigenvalue weighted by atomic mass is 10.4. The van der Waals surface area contributed by atoms with Gasteiger partial charge in [0.2, 0.25) is 0 Å². The van der Waals surface area contributed by atoms with Crippen LogP contribution in [0.15, 0.2) is 0 Å². The lowest BCUT2D eigenvalue weighted by Gasteiger charge is -2.19. The van der Waals surface area contributed by atoms with Crippen molar-refractivity contribution < 1.29 is 18.9 Å². The van der Waals surface area contributed by atoms with Crippen LogP contribution in [0.25, 0.3) is 0 Å². The predicted octanol–water partition coefficient (Wildman–Crippen LogP) is 2.69. The lowest BCUT2D eigenvalue weighted by Crippen LogP contribution is -2.21. The van der Waals surface area contributed by atoms with Crippen LogP contribution in [-0.4, -0.2) is 26.1 Å². The van der Waals surface area contributed by atoms with E-state index in [4.69, 9.17) is 18.9 Å². The van der Waals surface area contributed by atoms with Crippen molar-refractivity contribution in [1.29, 1.82) is 0 Å². The monoisotopic (exact) mass is 219 g/mol. The summed E-state index contributed by atoms with van der Waals surface area (Å²) in [4.78, 5) is 0. The van der Waals surface area contributed by atoms with Crippen molar-refractivity contribution in [2.75, 3.05) is 19.8 Å². The van der Waals surface area contributed by atoms with Gasteiger partial charge < -0.3 is 14.2 Å². The molecule has 0 aromatic carbocycles. The summed E-state index contributed by atoms with van der Waals surface area (Å²) in [6.07, 6.45) is 1.82. The summed E-state index contributed by atoms with van der Waals surface area (Å²) in [6.45, 7) is 9.65. The molecule has 0 aliphatic rings. The molecule has 4 nitrogen and oxygen atoms in total. The van der Waals surface area contributed by atoms with Crippen molar-refractivity contribution >= 4 is 0 Å². The summed E-state index contributed by atoms with van der Waals surface area (Å²) in [5, 5.41) is 0. The molecule has 0 saturated heterocycles. The van der Waals surface area contributed by atoms with Gasteiger partial charge in [-0.15, -0.1) is 0 Å². The van der Waals surface area contributed by atoms with E-state index < -0.39 is 0 Å². The Bertz CT molecular complexity index is 124. The maximum absolute atomic E-state index is 5.40. The van der Waals surface area contributed by atoms with Crippen LogP contribution >= 0.6 is 0 Å². The molecule has 0 aromatic heterocycles. The van der Waals surface area contributed by atoms with Crippen LogP contribution in [0.2, 0.25) is 0 Å². The Morgan fingerprint density at radius 1 is 1.07 bits per heavy atom. The molecule has 0 bridgehead atoms. The molecule has 0 N–H and O–H groups in total. The molecule has 1 atom stereocenters. The van der Waals surface area contributed by atoms with Crippen molar-refractivity contribution in [3.8, 4) is 0 Å². The largest absolute Gasteiger partial charge is 0.372 e. The van der Waals surface area contributed by atoms with E-state index in [-0.39, 0.29) is 12.8 Å². The van der Waals surface area contributed by atoms with Gasteiger partial charge >= 0.3 is 6.48 Å². The van der Waals surface area contributed by atoms with Gasteiger partial charge in [-0.2, -0.15) is 0 Å². The highest BCUT2D eigenvalue weighted by atomic mass is 16.9. The van der Waals surface area contributed by atoms with Gasteiger partial charge in [0, 0.05) is 19.8 Å². The Labute approximate surface area is 92.8 Å². The average molecular weight is 219 g/mol. The Kier molecular flexibility index (Phi) is 10.3. The lowest BCUT2D eigenvalue weighted by molar-refractivity contribution is -0.254. The van der Waals surface area contributed by atoms with Gasteiger partial charge in [0.1, 0.15) is 0 Å². The van der Waals surface area contributed by atoms with E-state index in [1.165, 1.54) is 0 Å². The molecule has 1 radical (unpaired) electrons. The number of ether oxygens (including phenoxy) is 4. The van der Waals surface area contributed by atoms with Gasteiger partial charge in [0.05, 0.1) is 0 Å². The van der Waals surface area contributed by atoms with Gasteiger partial charge in [0.15, 0.2) is 6.29 Å². The van der Waals surface area contributed by atoms with Crippen LogP contribution in [0.1, 0.15) is 40.5 Å². The van der Waals surface area contributed by atoms with Crippen LogP contribution in [-0.2, 0) is 18.9 Å². The molecule has 0 fully saturated rings. The van der Waals surface area contributed by atoms with Gasteiger partial charge in [-0.25, -0.2) is 0 Å². The van der Waals surface area contributed by atoms with E-state index in [1.807, 2.05) is 20.8 Å². The van der Waals surface area contributed by atoms with Gasteiger partial charge in [-0.3, -0.25) is 4.74 Å². The summed E-state index contributed by atoms with van der Waals surface area (Å²) in [5.41, 5.74) is 0. The Morgan fingerprint density at radius 3 is 2.13 bits per heavy atom. The minimum atomic E-state index is -0.329. The zero-order chi connectivity index (χ0) is 11.5. The molecule has 15 heavy (non-hydrogen) atoms. The van der Waals surface area contributed by atoms with Crippen molar-refractivity contribution in [3.63, 3.8) is 0 Å². The van der Waals surface area contributed by atoms with Crippen molar-refractivity contribution in [3.05, 3.63) is 6.48 Å². The van der Waals surface area contributed by atoms with Crippen LogP contribution in [0.3, 0.4) is 0 Å². The third-order valence-electron chi connectivity index (χ3n) is 1.64. The topological polar surface area (TPSA) is 36.9 Å². The quantitative estimate of drug-likeness (QED) is 0.418. The summed E-state index contributed by atoms with van der Waals surface area (Å²) in [6, 6.07) is 0. The maximum atomic E-state index is 5.40. The Hall–Kier alpha value is -0.160. The maximum Gasteiger partial charge on any atom is 0.372 e. The highest BCUT2D eigenvalue weighted by Crippen LogP contribution is 2.11. The van der Waals surface area contributed by atoms with Gasteiger partial charge in [0.25, 0.3) is 0 Å².